The highest BCUT2D eigenvalue weighted by Gasteiger charge is 2.32. The van der Waals surface area contributed by atoms with E-state index < -0.39 is 16.6 Å². The van der Waals surface area contributed by atoms with Gasteiger partial charge in [0.2, 0.25) is 0 Å². The third-order valence-corrected chi connectivity index (χ3v) is 5.48. The second-order valence-electron chi connectivity index (χ2n) is 7.25. The minimum absolute atomic E-state index is 0. The summed E-state index contributed by atoms with van der Waals surface area (Å²) in [6.07, 6.45) is 1.39. The molecule has 0 aliphatic carbocycles. The van der Waals surface area contributed by atoms with Crippen LogP contribution in [0.2, 0.25) is 0 Å². The van der Waals surface area contributed by atoms with Gasteiger partial charge in [0, 0.05) is 37.7 Å². The lowest BCUT2D eigenvalue weighted by Crippen LogP contribution is -2.39. The topological polar surface area (TPSA) is 106 Å². The van der Waals surface area contributed by atoms with E-state index in [2.05, 4.69) is 20.1 Å². The summed E-state index contributed by atoms with van der Waals surface area (Å²) >= 11 is 0. The maximum Gasteiger partial charge on any atom is 0.285 e. The summed E-state index contributed by atoms with van der Waals surface area (Å²) in [6.45, 7) is 4.72. The number of carbonyl (C=O) groups is 1. The number of nitro benzene ring substituents is 1. The largest absolute Gasteiger partial charge is 0.338 e. The van der Waals surface area contributed by atoms with Crippen molar-refractivity contribution in [3.05, 3.63) is 50.8 Å². The van der Waals surface area contributed by atoms with Crippen LogP contribution in [0.3, 0.4) is 0 Å². The van der Waals surface area contributed by atoms with Crippen molar-refractivity contribution < 1.29 is 14.1 Å². The molecule has 0 radical (unpaired) electrons. The van der Waals surface area contributed by atoms with Gasteiger partial charge in [0.05, 0.1) is 11.5 Å². The van der Waals surface area contributed by atoms with Gasteiger partial charge in [0.25, 0.3) is 11.6 Å². The zero-order chi connectivity index (χ0) is 19.8. The van der Waals surface area contributed by atoms with Crippen LogP contribution in [0.1, 0.15) is 46.3 Å². The third-order valence-electron chi connectivity index (χ3n) is 5.48. The van der Waals surface area contributed by atoms with Crippen molar-refractivity contribution >= 4 is 24.0 Å². The van der Waals surface area contributed by atoms with E-state index in [-0.39, 0.29) is 35.1 Å². The van der Waals surface area contributed by atoms with Crippen LogP contribution in [-0.2, 0) is 13.1 Å². The van der Waals surface area contributed by atoms with E-state index in [1.54, 1.807) is 4.90 Å². The lowest BCUT2D eigenvalue weighted by molar-refractivity contribution is -0.385. The average Bonchev–Trinajstić information content (AvgIpc) is 3.10. The Bertz CT molecular complexity index is 942. The molecule has 2 aromatic rings. The van der Waals surface area contributed by atoms with Gasteiger partial charge in [-0.15, -0.1) is 22.6 Å². The van der Waals surface area contributed by atoms with E-state index in [1.165, 1.54) is 6.92 Å². The van der Waals surface area contributed by atoms with Crippen molar-refractivity contribution in [3.63, 3.8) is 0 Å². The molecule has 0 bridgehead atoms. The molecule has 1 aromatic heterocycles. The number of benzene rings is 1. The molecule has 4 rings (SSSR count). The second kappa shape index (κ2) is 8.42. The SMILES string of the molecule is Cc1cc(F)cc(C(=O)N2CCC(c3nnc4n3CCNC4)CC2)c1[N+](=O)[O-].Cl. The summed E-state index contributed by atoms with van der Waals surface area (Å²) in [4.78, 5) is 25.2. The minimum Gasteiger partial charge on any atom is -0.338 e. The highest BCUT2D eigenvalue weighted by atomic mass is 35.5. The average molecular weight is 425 g/mol. The van der Waals surface area contributed by atoms with Gasteiger partial charge in [0.15, 0.2) is 0 Å². The van der Waals surface area contributed by atoms with Gasteiger partial charge in [-0.3, -0.25) is 14.9 Å². The van der Waals surface area contributed by atoms with Crippen LogP contribution in [-0.4, -0.2) is 50.1 Å². The molecule has 3 heterocycles. The summed E-state index contributed by atoms with van der Waals surface area (Å²) in [5, 5.41) is 23.2. The maximum absolute atomic E-state index is 13.8. The smallest absolute Gasteiger partial charge is 0.285 e. The van der Waals surface area contributed by atoms with E-state index in [0.29, 0.717) is 32.5 Å². The highest BCUT2D eigenvalue weighted by molar-refractivity contribution is 5.98. The number of halogens is 2. The monoisotopic (exact) mass is 424 g/mol. The van der Waals surface area contributed by atoms with Crippen LogP contribution in [0.4, 0.5) is 10.1 Å². The molecule has 1 aromatic carbocycles. The number of aryl methyl sites for hydroxylation is 1. The number of nitrogens with zero attached hydrogens (tertiary/aromatic N) is 5. The Morgan fingerprint density at radius 3 is 2.69 bits per heavy atom. The molecule has 0 spiro atoms. The number of carbonyl (C=O) groups excluding carboxylic acids is 1. The van der Waals surface area contributed by atoms with E-state index in [4.69, 9.17) is 0 Å². The zero-order valence-electron chi connectivity index (χ0n) is 15.9. The van der Waals surface area contributed by atoms with Gasteiger partial charge in [-0.25, -0.2) is 4.39 Å². The standard InChI is InChI=1S/C18H21FN6O3.ClH/c1-11-8-13(19)9-14(16(11)25(27)28)18(26)23-5-2-12(3-6-23)17-22-21-15-10-20-4-7-24(15)17;/h8-9,12,20H,2-7,10H2,1H3;1H. The lowest BCUT2D eigenvalue weighted by atomic mass is 9.95. The summed E-state index contributed by atoms with van der Waals surface area (Å²) in [6, 6.07) is 2.03. The molecule has 1 amide bonds. The van der Waals surface area contributed by atoms with Crippen LogP contribution in [0.15, 0.2) is 12.1 Å². The normalized spacial score (nSPS) is 16.8. The van der Waals surface area contributed by atoms with Crippen molar-refractivity contribution in [2.75, 3.05) is 19.6 Å². The Hall–Kier alpha value is -2.59. The molecular weight excluding hydrogens is 403 g/mol. The molecule has 2 aliphatic rings. The fraction of sp³-hybridized carbons (Fsp3) is 0.500. The minimum atomic E-state index is -0.648. The highest BCUT2D eigenvalue weighted by Crippen LogP contribution is 2.31. The van der Waals surface area contributed by atoms with Crippen molar-refractivity contribution in [1.29, 1.82) is 0 Å². The number of piperidine rings is 1. The summed E-state index contributed by atoms with van der Waals surface area (Å²) in [7, 11) is 0. The van der Waals surface area contributed by atoms with E-state index in [9.17, 15) is 19.3 Å². The predicted molar refractivity (Wildman–Crippen MR) is 105 cm³/mol. The van der Waals surface area contributed by atoms with Crippen molar-refractivity contribution in [2.45, 2.75) is 38.8 Å². The Balaban J connectivity index is 0.00000240. The Morgan fingerprint density at radius 1 is 1.28 bits per heavy atom. The van der Waals surface area contributed by atoms with Crippen molar-refractivity contribution in [1.82, 2.24) is 25.0 Å². The number of nitro groups is 1. The molecule has 0 saturated carbocycles. The number of nitrogens with one attached hydrogen (secondary N) is 1. The lowest BCUT2D eigenvalue weighted by Gasteiger charge is -2.32. The van der Waals surface area contributed by atoms with E-state index in [1.807, 2.05) is 0 Å². The first-order valence-electron chi connectivity index (χ1n) is 9.32. The van der Waals surface area contributed by atoms with Crippen LogP contribution < -0.4 is 5.32 Å². The molecule has 2 aliphatic heterocycles. The molecule has 29 heavy (non-hydrogen) atoms. The molecule has 1 N–H and O–H groups in total. The number of likely N-dealkylation sites (tertiary alicyclic amines) is 1. The number of aromatic nitrogens is 3. The molecule has 1 saturated heterocycles. The predicted octanol–water partition coefficient (Wildman–Crippen LogP) is 2.18. The van der Waals surface area contributed by atoms with E-state index in [0.717, 1.165) is 36.9 Å². The van der Waals surface area contributed by atoms with Crippen LogP contribution >= 0.6 is 12.4 Å². The summed E-state index contributed by atoms with van der Waals surface area (Å²) < 4.78 is 15.9. The first-order valence-corrected chi connectivity index (χ1v) is 9.32. The molecular formula is C18H22ClFN6O3. The van der Waals surface area contributed by atoms with Crippen molar-refractivity contribution in [3.8, 4) is 0 Å². The molecule has 9 nitrogen and oxygen atoms in total. The van der Waals surface area contributed by atoms with Crippen LogP contribution in [0.25, 0.3) is 0 Å². The van der Waals surface area contributed by atoms with Gasteiger partial charge in [-0.05, 0) is 31.9 Å². The van der Waals surface area contributed by atoms with Crippen LogP contribution in [0, 0.1) is 22.9 Å². The maximum atomic E-state index is 13.8. The Kier molecular flexibility index (Phi) is 6.13. The Morgan fingerprint density at radius 2 is 2.00 bits per heavy atom. The number of hydrogen-bond acceptors (Lipinski definition) is 6. The fourth-order valence-electron chi connectivity index (χ4n) is 4.07. The zero-order valence-corrected chi connectivity index (χ0v) is 16.7. The second-order valence-corrected chi connectivity index (χ2v) is 7.25. The third kappa shape index (κ3) is 3.95. The van der Waals surface area contributed by atoms with Gasteiger partial charge >= 0.3 is 0 Å². The first kappa shape index (κ1) is 21.1. The number of amides is 1. The summed E-state index contributed by atoms with van der Waals surface area (Å²) in [5.74, 6) is 0.902. The number of rotatable bonds is 3. The van der Waals surface area contributed by atoms with Crippen LogP contribution in [0.5, 0.6) is 0 Å². The molecule has 1 fully saturated rings. The van der Waals surface area contributed by atoms with E-state index >= 15 is 0 Å². The van der Waals surface area contributed by atoms with Gasteiger partial charge in [-0.2, -0.15) is 0 Å². The van der Waals surface area contributed by atoms with Gasteiger partial charge in [-0.1, -0.05) is 0 Å². The molecule has 11 heteroatoms. The van der Waals surface area contributed by atoms with Gasteiger partial charge in [0.1, 0.15) is 23.0 Å². The first-order chi connectivity index (χ1) is 13.5. The number of fused-ring (bicyclic) bond motifs is 1. The Labute approximate surface area is 172 Å². The molecule has 0 atom stereocenters. The number of hydrogen-bond donors (Lipinski definition) is 1. The quantitative estimate of drug-likeness (QED) is 0.598. The molecule has 156 valence electrons. The fourth-order valence-corrected chi connectivity index (χ4v) is 4.07. The molecule has 0 unspecified atom stereocenters. The summed E-state index contributed by atoms with van der Waals surface area (Å²) in [5.41, 5.74) is -0.369. The van der Waals surface area contributed by atoms with Crippen molar-refractivity contribution in [2.24, 2.45) is 0 Å². The van der Waals surface area contributed by atoms with Gasteiger partial charge < -0.3 is 14.8 Å².